The normalized spacial score (nSPS) is 11.4. The highest BCUT2D eigenvalue weighted by Crippen LogP contribution is 2.19. The van der Waals surface area contributed by atoms with E-state index in [1.165, 1.54) is 0 Å². The van der Waals surface area contributed by atoms with Crippen LogP contribution in [0.1, 0.15) is 20.3 Å². The molecule has 0 atom stereocenters. The Kier molecular flexibility index (Phi) is 3.85. The smallest absolute Gasteiger partial charge is 0.226 e. The molecule has 2 rings (SSSR count). The van der Waals surface area contributed by atoms with Gasteiger partial charge in [0.05, 0.1) is 0 Å². The van der Waals surface area contributed by atoms with E-state index in [0.29, 0.717) is 0 Å². The summed E-state index contributed by atoms with van der Waals surface area (Å²) in [5.41, 5.74) is 6.99. The van der Waals surface area contributed by atoms with Crippen LogP contribution in [0.2, 0.25) is 0 Å². The first kappa shape index (κ1) is 14.2. The number of aromatic nitrogens is 3. The Bertz CT molecular complexity index is 595. The summed E-state index contributed by atoms with van der Waals surface area (Å²) < 4.78 is 1.84. The van der Waals surface area contributed by atoms with Crippen molar-refractivity contribution in [1.29, 1.82) is 0 Å². The number of hydrogen-bond donors (Lipinski definition) is 2. The predicted octanol–water partition coefficient (Wildman–Crippen LogP) is 1.55. The Morgan fingerprint density at radius 1 is 1.35 bits per heavy atom. The fourth-order valence-corrected chi connectivity index (χ4v) is 1.87. The van der Waals surface area contributed by atoms with Gasteiger partial charge in [0.25, 0.3) is 0 Å². The standard InChI is InChI=1S/C14H19N5O/c1-14(2,15)8-12(20)17-11-6-4-10(5-7-11)13-18-16-9-19(13)3/h4-7,9H,8,15H2,1-3H3,(H,17,20). The number of carbonyl (C=O) groups excluding carboxylic acids is 1. The largest absolute Gasteiger partial charge is 0.326 e. The van der Waals surface area contributed by atoms with Crippen LogP contribution in [0.3, 0.4) is 0 Å². The number of anilines is 1. The molecule has 1 aromatic carbocycles. The first-order valence-corrected chi connectivity index (χ1v) is 6.38. The van der Waals surface area contributed by atoms with E-state index < -0.39 is 5.54 Å². The van der Waals surface area contributed by atoms with E-state index in [9.17, 15) is 4.79 Å². The van der Waals surface area contributed by atoms with Crippen molar-refractivity contribution in [2.45, 2.75) is 25.8 Å². The van der Waals surface area contributed by atoms with Gasteiger partial charge in [0.15, 0.2) is 5.82 Å². The van der Waals surface area contributed by atoms with Crippen molar-refractivity contribution in [2.24, 2.45) is 12.8 Å². The van der Waals surface area contributed by atoms with E-state index in [1.807, 2.05) is 49.7 Å². The second-order valence-corrected chi connectivity index (χ2v) is 5.56. The van der Waals surface area contributed by atoms with Gasteiger partial charge in [-0.2, -0.15) is 0 Å². The van der Waals surface area contributed by atoms with Gasteiger partial charge in [0.1, 0.15) is 6.33 Å². The third-order valence-electron chi connectivity index (χ3n) is 2.75. The van der Waals surface area contributed by atoms with E-state index in [2.05, 4.69) is 15.5 Å². The quantitative estimate of drug-likeness (QED) is 0.885. The van der Waals surface area contributed by atoms with E-state index in [-0.39, 0.29) is 12.3 Å². The summed E-state index contributed by atoms with van der Waals surface area (Å²) in [6, 6.07) is 7.47. The summed E-state index contributed by atoms with van der Waals surface area (Å²) in [7, 11) is 1.88. The highest BCUT2D eigenvalue weighted by molar-refractivity contribution is 5.91. The lowest BCUT2D eigenvalue weighted by Crippen LogP contribution is -2.36. The van der Waals surface area contributed by atoms with Crippen LogP contribution in [0.15, 0.2) is 30.6 Å². The maximum Gasteiger partial charge on any atom is 0.226 e. The number of nitrogens with zero attached hydrogens (tertiary/aromatic N) is 3. The Morgan fingerprint density at radius 2 is 2.00 bits per heavy atom. The summed E-state index contributed by atoms with van der Waals surface area (Å²) >= 11 is 0. The fraction of sp³-hybridized carbons (Fsp3) is 0.357. The molecule has 20 heavy (non-hydrogen) atoms. The molecule has 0 bridgehead atoms. The SMILES string of the molecule is Cn1cnnc1-c1ccc(NC(=O)CC(C)(C)N)cc1. The highest BCUT2D eigenvalue weighted by Gasteiger charge is 2.16. The number of hydrogen-bond acceptors (Lipinski definition) is 4. The molecule has 1 aromatic heterocycles. The van der Waals surface area contributed by atoms with Gasteiger partial charge in [0.2, 0.25) is 5.91 Å². The zero-order valence-corrected chi connectivity index (χ0v) is 11.9. The summed E-state index contributed by atoms with van der Waals surface area (Å²) in [5.74, 6) is 0.690. The van der Waals surface area contributed by atoms with E-state index in [0.717, 1.165) is 17.1 Å². The van der Waals surface area contributed by atoms with Crippen molar-refractivity contribution in [3.8, 4) is 11.4 Å². The minimum Gasteiger partial charge on any atom is -0.326 e. The number of aryl methyl sites for hydroxylation is 1. The summed E-state index contributed by atoms with van der Waals surface area (Å²) in [4.78, 5) is 11.8. The van der Waals surface area contributed by atoms with Gasteiger partial charge in [-0.05, 0) is 38.1 Å². The topological polar surface area (TPSA) is 85.8 Å². The van der Waals surface area contributed by atoms with Crippen LogP contribution in [0.5, 0.6) is 0 Å². The van der Waals surface area contributed by atoms with E-state index >= 15 is 0 Å². The van der Waals surface area contributed by atoms with Crippen LogP contribution >= 0.6 is 0 Å². The predicted molar refractivity (Wildman–Crippen MR) is 78.0 cm³/mol. The lowest BCUT2D eigenvalue weighted by Gasteiger charge is -2.17. The zero-order chi connectivity index (χ0) is 14.8. The maximum absolute atomic E-state index is 11.8. The van der Waals surface area contributed by atoms with Crippen LogP contribution < -0.4 is 11.1 Å². The van der Waals surface area contributed by atoms with Crippen molar-refractivity contribution >= 4 is 11.6 Å². The molecule has 2 aromatic rings. The minimum absolute atomic E-state index is 0.0936. The summed E-state index contributed by atoms with van der Waals surface area (Å²) in [6.45, 7) is 3.65. The number of nitrogens with one attached hydrogen (secondary N) is 1. The van der Waals surface area contributed by atoms with Crippen molar-refractivity contribution in [2.75, 3.05) is 5.32 Å². The number of carbonyl (C=O) groups is 1. The molecule has 6 heteroatoms. The Hall–Kier alpha value is -2.21. The van der Waals surface area contributed by atoms with Crippen LogP contribution in [-0.2, 0) is 11.8 Å². The summed E-state index contributed by atoms with van der Waals surface area (Å²) in [6.07, 6.45) is 1.92. The number of rotatable bonds is 4. The lowest BCUT2D eigenvalue weighted by molar-refractivity contribution is -0.117. The molecular formula is C14H19N5O. The number of benzene rings is 1. The molecule has 6 nitrogen and oxygen atoms in total. The molecule has 3 N–H and O–H groups in total. The van der Waals surface area contributed by atoms with Gasteiger partial charge < -0.3 is 15.6 Å². The molecule has 0 aliphatic rings. The molecule has 0 radical (unpaired) electrons. The molecule has 0 saturated heterocycles. The van der Waals surface area contributed by atoms with Gasteiger partial charge in [-0.3, -0.25) is 4.79 Å². The van der Waals surface area contributed by atoms with Crippen molar-refractivity contribution in [3.63, 3.8) is 0 Å². The van der Waals surface area contributed by atoms with Crippen LogP contribution in [0.25, 0.3) is 11.4 Å². The second-order valence-electron chi connectivity index (χ2n) is 5.56. The van der Waals surface area contributed by atoms with Gasteiger partial charge in [-0.25, -0.2) is 0 Å². The zero-order valence-electron chi connectivity index (χ0n) is 11.9. The van der Waals surface area contributed by atoms with Crippen LogP contribution in [-0.4, -0.2) is 26.2 Å². The first-order chi connectivity index (χ1) is 9.35. The van der Waals surface area contributed by atoms with E-state index in [4.69, 9.17) is 5.73 Å². The molecule has 1 heterocycles. The Balaban J connectivity index is 2.06. The lowest BCUT2D eigenvalue weighted by atomic mass is 10.0. The molecule has 0 aliphatic heterocycles. The van der Waals surface area contributed by atoms with Crippen molar-refractivity contribution in [1.82, 2.24) is 14.8 Å². The highest BCUT2D eigenvalue weighted by atomic mass is 16.1. The molecule has 0 aliphatic carbocycles. The molecule has 1 amide bonds. The van der Waals surface area contributed by atoms with Gasteiger partial charge in [-0.1, -0.05) is 0 Å². The number of amides is 1. The average Bonchev–Trinajstić information content (AvgIpc) is 2.74. The molecule has 106 valence electrons. The Labute approximate surface area is 118 Å². The van der Waals surface area contributed by atoms with Gasteiger partial charge >= 0.3 is 0 Å². The van der Waals surface area contributed by atoms with Gasteiger partial charge in [-0.15, -0.1) is 10.2 Å². The molecule has 0 unspecified atom stereocenters. The van der Waals surface area contributed by atoms with Crippen molar-refractivity contribution < 1.29 is 4.79 Å². The van der Waals surface area contributed by atoms with Crippen LogP contribution in [0.4, 0.5) is 5.69 Å². The summed E-state index contributed by atoms with van der Waals surface area (Å²) in [5, 5.41) is 10.7. The fourth-order valence-electron chi connectivity index (χ4n) is 1.87. The third kappa shape index (κ3) is 3.64. The van der Waals surface area contributed by atoms with Crippen molar-refractivity contribution in [3.05, 3.63) is 30.6 Å². The Morgan fingerprint density at radius 3 is 2.50 bits per heavy atom. The monoisotopic (exact) mass is 273 g/mol. The first-order valence-electron chi connectivity index (χ1n) is 6.38. The van der Waals surface area contributed by atoms with E-state index in [1.54, 1.807) is 6.33 Å². The second kappa shape index (κ2) is 5.42. The molecular weight excluding hydrogens is 254 g/mol. The minimum atomic E-state index is -0.511. The average molecular weight is 273 g/mol. The van der Waals surface area contributed by atoms with Gasteiger partial charge in [0, 0.05) is 30.3 Å². The molecule has 0 fully saturated rings. The van der Waals surface area contributed by atoms with Crippen LogP contribution in [0, 0.1) is 0 Å². The molecule has 0 spiro atoms. The number of nitrogens with two attached hydrogens (primary N) is 1. The maximum atomic E-state index is 11.8. The molecule has 0 saturated carbocycles. The third-order valence-corrected chi connectivity index (χ3v) is 2.75.